The summed E-state index contributed by atoms with van der Waals surface area (Å²) in [6.07, 6.45) is 0. The number of amides is 1. The number of benzene rings is 1. The van der Waals surface area contributed by atoms with E-state index in [1.165, 1.54) is 0 Å². The van der Waals surface area contributed by atoms with E-state index in [1.807, 2.05) is 36.1 Å². The average Bonchev–Trinajstić information content (AvgIpc) is 2.61. The summed E-state index contributed by atoms with van der Waals surface area (Å²) < 4.78 is 5.38. The standard InChI is InChI=1S/C18H27N3O2/c1-16-4-2-3-5-17(16)18(22)21-10-8-19(9-11-21)6-7-20-12-14-23-15-13-20/h2-5H,6-15H2,1H3. The van der Waals surface area contributed by atoms with Crippen LogP contribution in [0.25, 0.3) is 0 Å². The Morgan fingerprint density at radius 1 is 0.957 bits per heavy atom. The summed E-state index contributed by atoms with van der Waals surface area (Å²) in [5.74, 6) is 0.177. The van der Waals surface area contributed by atoms with Gasteiger partial charge in [0.25, 0.3) is 5.91 Å². The molecule has 5 nitrogen and oxygen atoms in total. The third-order valence-electron chi connectivity index (χ3n) is 4.87. The highest BCUT2D eigenvalue weighted by Crippen LogP contribution is 2.12. The molecule has 0 radical (unpaired) electrons. The zero-order valence-corrected chi connectivity index (χ0v) is 14.0. The molecule has 0 N–H and O–H groups in total. The molecule has 1 aromatic rings. The Morgan fingerprint density at radius 3 is 2.22 bits per heavy atom. The van der Waals surface area contributed by atoms with E-state index in [4.69, 9.17) is 4.74 Å². The average molecular weight is 317 g/mol. The van der Waals surface area contributed by atoms with E-state index < -0.39 is 0 Å². The minimum absolute atomic E-state index is 0.177. The Morgan fingerprint density at radius 2 is 1.57 bits per heavy atom. The molecule has 0 unspecified atom stereocenters. The van der Waals surface area contributed by atoms with Crippen LogP contribution in [0.1, 0.15) is 15.9 Å². The molecule has 2 aliphatic heterocycles. The predicted octanol–water partition coefficient (Wildman–Crippen LogP) is 1.09. The lowest BCUT2D eigenvalue weighted by Gasteiger charge is -2.36. The molecule has 2 aliphatic rings. The van der Waals surface area contributed by atoms with Crippen LogP contribution in [0.4, 0.5) is 0 Å². The van der Waals surface area contributed by atoms with Crippen LogP contribution in [-0.2, 0) is 4.74 Å². The second-order valence-corrected chi connectivity index (χ2v) is 6.40. The number of hydrogen-bond donors (Lipinski definition) is 0. The topological polar surface area (TPSA) is 36.0 Å². The highest BCUT2D eigenvalue weighted by Gasteiger charge is 2.23. The number of aryl methyl sites for hydroxylation is 1. The summed E-state index contributed by atoms with van der Waals surface area (Å²) in [5, 5.41) is 0. The van der Waals surface area contributed by atoms with Crippen molar-refractivity contribution in [3.05, 3.63) is 35.4 Å². The second-order valence-electron chi connectivity index (χ2n) is 6.40. The summed E-state index contributed by atoms with van der Waals surface area (Å²) in [6, 6.07) is 7.86. The Labute approximate surface area is 138 Å². The van der Waals surface area contributed by atoms with Crippen LogP contribution in [0.15, 0.2) is 24.3 Å². The third kappa shape index (κ3) is 4.31. The Kier molecular flexibility index (Phi) is 5.65. The molecule has 0 saturated carbocycles. The molecule has 1 aromatic carbocycles. The van der Waals surface area contributed by atoms with E-state index >= 15 is 0 Å². The molecule has 0 atom stereocenters. The molecule has 5 heteroatoms. The third-order valence-corrected chi connectivity index (χ3v) is 4.87. The Balaban J connectivity index is 1.44. The molecule has 3 rings (SSSR count). The van der Waals surface area contributed by atoms with Crippen LogP contribution < -0.4 is 0 Å². The van der Waals surface area contributed by atoms with Crippen LogP contribution in [0.3, 0.4) is 0 Å². The fourth-order valence-corrected chi connectivity index (χ4v) is 3.27. The number of carbonyl (C=O) groups is 1. The number of ether oxygens (including phenoxy) is 1. The smallest absolute Gasteiger partial charge is 0.254 e. The van der Waals surface area contributed by atoms with Gasteiger partial charge in [-0.05, 0) is 18.6 Å². The van der Waals surface area contributed by atoms with Gasteiger partial charge in [0.2, 0.25) is 0 Å². The summed E-state index contributed by atoms with van der Waals surface area (Å²) in [4.78, 5) is 19.5. The first-order chi connectivity index (χ1) is 11.2. The molecular formula is C18H27N3O2. The highest BCUT2D eigenvalue weighted by molar-refractivity contribution is 5.95. The van der Waals surface area contributed by atoms with Crippen molar-refractivity contribution < 1.29 is 9.53 Å². The molecule has 1 amide bonds. The molecule has 126 valence electrons. The summed E-state index contributed by atoms with van der Waals surface area (Å²) in [7, 11) is 0. The lowest BCUT2D eigenvalue weighted by molar-refractivity contribution is 0.0293. The van der Waals surface area contributed by atoms with E-state index in [0.717, 1.165) is 76.7 Å². The number of rotatable bonds is 4. The van der Waals surface area contributed by atoms with Crippen molar-refractivity contribution in [2.75, 3.05) is 65.6 Å². The fourth-order valence-electron chi connectivity index (χ4n) is 3.27. The van der Waals surface area contributed by atoms with E-state index in [9.17, 15) is 4.79 Å². The zero-order chi connectivity index (χ0) is 16.1. The molecular weight excluding hydrogens is 290 g/mol. The van der Waals surface area contributed by atoms with Gasteiger partial charge in [0.05, 0.1) is 13.2 Å². The molecule has 0 aliphatic carbocycles. The monoisotopic (exact) mass is 317 g/mol. The van der Waals surface area contributed by atoms with Crippen molar-refractivity contribution >= 4 is 5.91 Å². The molecule has 2 saturated heterocycles. The van der Waals surface area contributed by atoms with Crippen LogP contribution in [0.2, 0.25) is 0 Å². The highest BCUT2D eigenvalue weighted by atomic mass is 16.5. The summed E-state index contributed by atoms with van der Waals surface area (Å²) >= 11 is 0. The Hall–Kier alpha value is -1.43. The number of piperazine rings is 1. The van der Waals surface area contributed by atoms with Crippen molar-refractivity contribution in [3.8, 4) is 0 Å². The van der Waals surface area contributed by atoms with Gasteiger partial charge in [0.15, 0.2) is 0 Å². The summed E-state index contributed by atoms with van der Waals surface area (Å²) in [6.45, 7) is 11.6. The van der Waals surface area contributed by atoms with Crippen LogP contribution >= 0.6 is 0 Å². The normalized spacial score (nSPS) is 20.7. The number of nitrogens with zero attached hydrogens (tertiary/aromatic N) is 3. The minimum Gasteiger partial charge on any atom is -0.379 e. The van der Waals surface area contributed by atoms with Gasteiger partial charge in [-0.2, -0.15) is 0 Å². The predicted molar refractivity (Wildman–Crippen MR) is 90.8 cm³/mol. The minimum atomic E-state index is 0.177. The van der Waals surface area contributed by atoms with Crippen LogP contribution in [0.5, 0.6) is 0 Å². The molecule has 0 spiro atoms. The van der Waals surface area contributed by atoms with E-state index in [1.54, 1.807) is 0 Å². The summed E-state index contributed by atoms with van der Waals surface area (Å²) in [5.41, 5.74) is 1.90. The van der Waals surface area contributed by atoms with Gasteiger partial charge in [-0.3, -0.25) is 14.6 Å². The SMILES string of the molecule is Cc1ccccc1C(=O)N1CCN(CCN2CCOCC2)CC1. The van der Waals surface area contributed by atoms with Gasteiger partial charge in [0.1, 0.15) is 0 Å². The van der Waals surface area contributed by atoms with Crippen LogP contribution in [0, 0.1) is 6.92 Å². The van der Waals surface area contributed by atoms with E-state index in [0.29, 0.717) is 0 Å². The molecule has 0 aromatic heterocycles. The van der Waals surface area contributed by atoms with Crippen molar-refractivity contribution in [3.63, 3.8) is 0 Å². The van der Waals surface area contributed by atoms with E-state index in [2.05, 4.69) is 9.80 Å². The second kappa shape index (κ2) is 7.90. The first-order valence-electron chi connectivity index (χ1n) is 8.61. The van der Waals surface area contributed by atoms with Crippen molar-refractivity contribution in [2.45, 2.75) is 6.92 Å². The number of carbonyl (C=O) groups excluding carboxylic acids is 1. The lowest BCUT2D eigenvalue weighted by atomic mass is 10.1. The van der Waals surface area contributed by atoms with Gasteiger partial charge in [-0.25, -0.2) is 0 Å². The van der Waals surface area contributed by atoms with Gasteiger partial charge in [0, 0.05) is 57.9 Å². The first-order valence-corrected chi connectivity index (χ1v) is 8.61. The fraction of sp³-hybridized carbons (Fsp3) is 0.611. The maximum atomic E-state index is 12.6. The van der Waals surface area contributed by atoms with Gasteiger partial charge < -0.3 is 9.64 Å². The van der Waals surface area contributed by atoms with Crippen LogP contribution in [-0.4, -0.2) is 86.2 Å². The van der Waals surface area contributed by atoms with Gasteiger partial charge in [-0.1, -0.05) is 18.2 Å². The molecule has 23 heavy (non-hydrogen) atoms. The zero-order valence-electron chi connectivity index (χ0n) is 14.0. The maximum absolute atomic E-state index is 12.6. The van der Waals surface area contributed by atoms with Gasteiger partial charge in [-0.15, -0.1) is 0 Å². The molecule has 0 bridgehead atoms. The molecule has 2 heterocycles. The molecule has 2 fully saturated rings. The number of hydrogen-bond acceptors (Lipinski definition) is 4. The Bertz CT molecular complexity index is 521. The van der Waals surface area contributed by atoms with E-state index in [-0.39, 0.29) is 5.91 Å². The van der Waals surface area contributed by atoms with Crippen molar-refractivity contribution in [2.24, 2.45) is 0 Å². The quantitative estimate of drug-likeness (QED) is 0.833. The van der Waals surface area contributed by atoms with Crippen molar-refractivity contribution in [1.82, 2.24) is 14.7 Å². The van der Waals surface area contributed by atoms with Gasteiger partial charge >= 0.3 is 0 Å². The lowest BCUT2D eigenvalue weighted by Crippen LogP contribution is -2.51. The van der Waals surface area contributed by atoms with Crippen molar-refractivity contribution in [1.29, 1.82) is 0 Å². The largest absolute Gasteiger partial charge is 0.379 e. The number of morpholine rings is 1. The first kappa shape index (κ1) is 16.4. The maximum Gasteiger partial charge on any atom is 0.254 e.